The van der Waals surface area contributed by atoms with Crippen molar-refractivity contribution in [1.82, 2.24) is 0 Å². The van der Waals surface area contributed by atoms with Crippen molar-refractivity contribution in [3.8, 4) is 5.75 Å². The lowest BCUT2D eigenvalue weighted by atomic mass is 10.1. The predicted molar refractivity (Wildman–Crippen MR) is 81.0 cm³/mol. The van der Waals surface area contributed by atoms with Gasteiger partial charge in [-0.1, -0.05) is 29.3 Å². The van der Waals surface area contributed by atoms with E-state index in [9.17, 15) is 0 Å². The maximum Gasteiger partial charge on any atom is 0.119 e. The molecule has 2 rings (SSSR count). The Labute approximate surface area is 115 Å². The molecule has 1 N–H and O–H groups in total. The van der Waals surface area contributed by atoms with Crippen molar-refractivity contribution < 1.29 is 4.74 Å². The Morgan fingerprint density at radius 3 is 2.21 bits per heavy atom. The van der Waals surface area contributed by atoms with Crippen molar-refractivity contribution in [2.45, 2.75) is 27.3 Å². The van der Waals surface area contributed by atoms with Crippen LogP contribution in [0.15, 0.2) is 36.4 Å². The van der Waals surface area contributed by atoms with Gasteiger partial charge in [0.15, 0.2) is 0 Å². The van der Waals surface area contributed by atoms with Crippen LogP contribution in [-0.4, -0.2) is 7.11 Å². The first-order valence-electron chi connectivity index (χ1n) is 6.54. The van der Waals surface area contributed by atoms with Gasteiger partial charge in [0.2, 0.25) is 0 Å². The average molecular weight is 255 g/mol. The molecule has 0 amide bonds. The molecule has 0 aromatic heterocycles. The molecule has 2 aromatic carbocycles. The van der Waals surface area contributed by atoms with Gasteiger partial charge in [0, 0.05) is 12.2 Å². The van der Waals surface area contributed by atoms with E-state index < -0.39 is 0 Å². The lowest BCUT2D eigenvalue weighted by Gasteiger charge is -2.12. The molecule has 0 unspecified atom stereocenters. The Hall–Kier alpha value is -1.96. The lowest BCUT2D eigenvalue weighted by Crippen LogP contribution is -2.02. The second kappa shape index (κ2) is 5.79. The standard InChI is InChI=1S/C17H21NO/c1-12-7-13(2)9-15(8-12)11-18-17-6-5-16(19-4)10-14(17)3/h5-10,18H,11H2,1-4H3. The highest BCUT2D eigenvalue weighted by atomic mass is 16.5. The number of hydrogen-bond acceptors (Lipinski definition) is 2. The van der Waals surface area contributed by atoms with Crippen molar-refractivity contribution in [2.24, 2.45) is 0 Å². The van der Waals surface area contributed by atoms with Gasteiger partial charge in [0.25, 0.3) is 0 Å². The zero-order valence-electron chi connectivity index (χ0n) is 12.1. The largest absolute Gasteiger partial charge is 0.497 e. The van der Waals surface area contributed by atoms with E-state index in [4.69, 9.17) is 4.74 Å². The van der Waals surface area contributed by atoms with E-state index >= 15 is 0 Å². The van der Waals surface area contributed by atoms with Crippen LogP contribution in [0.3, 0.4) is 0 Å². The van der Waals surface area contributed by atoms with E-state index in [1.807, 2.05) is 12.1 Å². The fraction of sp³-hybridized carbons (Fsp3) is 0.294. The monoisotopic (exact) mass is 255 g/mol. The number of hydrogen-bond donors (Lipinski definition) is 1. The molecule has 19 heavy (non-hydrogen) atoms. The summed E-state index contributed by atoms with van der Waals surface area (Å²) in [5.74, 6) is 0.898. The molecule has 100 valence electrons. The number of ether oxygens (including phenoxy) is 1. The van der Waals surface area contributed by atoms with Gasteiger partial charge in [-0.2, -0.15) is 0 Å². The summed E-state index contributed by atoms with van der Waals surface area (Å²) in [5.41, 5.74) is 6.28. The summed E-state index contributed by atoms with van der Waals surface area (Å²) in [6.45, 7) is 7.20. The van der Waals surface area contributed by atoms with Crippen LogP contribution in [0.4, 0.5) is 5.69 Å². The molecule has 0 bridgehead atoms. The summed E-state index contributed by atoms with van der Waals surface area (Å²) in [7, 11) is 1.69. The molecule has 0 aliphatic heterocycles. The molecule has 0 aliphatic carbocycles. The fourth-order valence-electron chi connectivity index (χ4n) is 2.33. The molecule has 0 radical (unpaired) electrons. The van der Waals surface area contributed by atoms with E-state index in [0.29, 0.717) is 0 Å². The molecule has 0 atom stereocenters. The molecule has 2 heteroatoms. The van der Waals surface area contributed by atoms with E-state index in [1.54, 1.807) is 7.11 Å². The summed E-state index contributed by atoms with van der Waals surface area (Å²) >= 11 is 0. The van der Waals surface area contributed by atoms with Crippen LogP contribution < -0.4 is 10.1 Å². The van der Waals surface area contributed by atoms with Crippen molar-refractivity contribution in [3.63, 3.8) is 0 Å². The van der Waals surface area contributed by atoms with Crippen LogP contribution in [0.1, 0.15) is 22.3 Å². The summed E-state index contributed by atoms with van der Waals surface area (Å²) in [6.07, 6.45) is 0. The zero-order chi connectivity index (χ0) is 13.8. The SMILES string of the molecule is COc1ccc(NCc2cc(C)cc(C)c2)c(C)c1. The van der Waals surface area contributed by atoms with Gasteiger partial charge in [-0.05, 0) is 50.1 Å². The Bertz CT molecular complexity index is 555. The Morgan fingerprint density at radius 1 is 0.947 bits per heavy atom. The number of anilines is 1. The highest BCUT2D eigenvalue weighted by molar-refractivity contribution is 5.54. The molecule has 2 nitrogen and oxygen atoms in total. The second-order valence-corrected chi connectivity index (χ2v) is 5.03. The second-order valence-electron chi connectivity index (χ2n) is 5.03. The smallest absolute Gasteiger partial charge is 0.119 e. The molecule has 0 saturated heterocycles. The molecule has 0 spiro atoms. The Kier molecular flexibility index (Phi) is 4.10. The summed E-state index contributed by atoms with van der Waals surface area (Å²) in [6, 6.07) is 12.7. The van der Waals surface area contributed by atoms with Gasteiger partial charge < -0.3 is 10.1 Å². The minimum Gasteiger partial charge on any atom is -0.497 e. The van der Waals surface area contributed by atoms with Crippen molar-refractivity contribution >= 4 is 5.69 Å². The predicted octanol–water partition coefficient (Wildman–Crippen LogP) is 4.23. The Balaban J connectivity index is 2.10. The average Bonchev–Trinajstić information content (AvgIpc) is 2.36. The molecule has 0 heterocycles. The minimum atomic E-state index is 0.843. The number of aryl methyl sites for hydroxylation is 3. The summed E-state index contributed by atoms with van der Waals surface area (Å²) in [4.78, 5) is 0. The zero-order valence-corrected chi connectivity index (χ0v) is 12.1. The summed E-state index contributed by atoms with van der Waals surface area (Å²) in [5, 5.41) is 3.48. The van der Waals surface area contributed by atoms with Crippen LogP contribution >= 0.6 is 0 Å². The number of nitrogens with one attached hydrogen (secondary N) is 1. The highest BCUT2D eigenvalue weighted by Crippen LogP contribution is 2.21. The number of rotatable bonds is 4. The first-order chi connectivity index (χ1) is 9.08. The van der Waals surface area contributed by atoms with Crippen LogP contribution in [0.25, 0.3) is 0 Å². The lowest BCUT2D eigenvalue weighted by molar-refractivity contribution is 0.414. The number of benzene rings is 2. The van der Waals surface area contributed by atoms with E-state index in [2.05, 4.69) is 50.4 Å². The van der Waals surface area contributed by atoms with Crippen LogP contribution in [0.5, 0.6) is 5.75 Å². The van der Waals surface area contributed by atoms with E-state index in [1.165, 1.54) is 22.3 Å². The molecule has 0 fully saturated rings. The van der Waals surface area contributed by atoms with Crippen molar-refractivity contribution in [2.75, 3.05) is 12.4 Å². The molecule has 2 aromatic rings. The van der Waals surface area contributed by atoms with Gasteiger partial charge in [0.1, 0.15) is 5.75 Å². The summed E-state index contributed by atoms with van der Waals surface area (Å²) < 4.78 is 5.22. The van der Waals surface area contributed by atoms with Crippen LogP contribution in [0.2, 0.25) is 0 Å². The maximum atomic E-state index is 5.22. The van der Waals surface area contributed by atoms with Crippen molar-refractivity contribution in [3.05, 3.63) is 58.7 Å². The third kappa shape index (κ3) is 3.50. The first-order valence-corrected chi connectivity index (χ1v) is 6.54. The topological polar surface area (TPSA) is 21.3 Å². The minimum absolute atomic E-state index is 0.843. The van der Waals surface area contributed by atoms with Crippen molar-refractivity contribution in [1.29, 1.82) is 0 Å². The van der Waals surface area contributed by atoms with Crippen LogP contribution in [-0.2, 0) is 6.54 Å². The van der Waals surface area contributed by atoms with Gasteiger partial charge in [-0.15, -0.1) is 0 Å². The van der Waals surface area contributed by atoms with Gasteiger partial charge in [0.05, 0.1) is 7.11 Å². The maximum absolute atomic E-state index is 5.22. The third-order valence-corrected chi connectivity index (χ3v) is 3.20. The number of methoxy groups -OCH3 is 1. The quantitative estimate of drug-likeness (QED) is 0.882. The fourth-order valence-corrected chi connectivity index (χ4v) is 2.33. The van der Waals surface area contributed by atoms with Gasteiger partial charge >= 0.3 is 0 Å². The van der Waals surface area contributed by atoms with E-state index in [-0.39, 0.29) is 0 Å². The van der Waals surface area contributed by atoms with E-state index in [0.717, 1.165) is 18.0 Å². The van der Waals surface area contributed by atoms with Gasteiger partial charge in [-0.25, -0.2) is 0 Å². The Morgan fingerprint density at radius 2 is 1.63 bits per heavy atom. The highest BCUT2D eigenvalue weighted by Gasteiger charge is 2.01. The molecular weight excluding hydrogens is 234 g/mol. The molecule has 0 aliphatic rings. The molecular formula is C17H21NO. The van der Waals surface area contributed by atoms with Gasteiger partial charge in [-0.3, -0.25) is 0 Å². The first kappa shape index (κ1) is 13.5. The third-order valence-electron chi connectivity index (χ3n) is 3.20. The molecule has 0 saturated carbocycles. The normalized spacial score (nSPS) is 10.3. The van der Waals surface area contributed by atoms with Crippen LogP contribution in [0, 0.1) is 20.8 Å².